The van der Waals surface area contributed by atoms with E-state index in [4.69, 9.17) is 4.99 Å². The van der Waals surface area contributed by atoms with Crippen LogP contribution in [0.1, 0.15) is 49.8 Å². The minimum atomic E-state index is -0.128. The van der Waals surface area contributed by atoms with Crippen molar-refractivity contribution in [3.63, 3.8) is 0 Å². The van der Waals surface area contributed by atoms with Gasteiger partial charge in [0.1, 0.15) is 5.84 Å². The molecule has 0 radical (unpaired) electrons. The van der Waals surface area contributed by atoms with Crippen LogP contribution in [-0.2, 0) is 0 Å². The number of aliphatic hydroxyl groups excluding tert-OH is 1. The van der Waals surface area contributed by atoms with E-state index < -0.39 is 0 Å². The molecule has 4 rings (SSSR count). The number of rotatable bonds is 3. The zero-order valence-electron chi connectivity index (χ0n) is 16.9. The maximum Gasteiger partial charge on any atom is 0.109 e. The quantitative estimate of drug-likeness (QED) is 0.713. The van der Waals surface area contributed by atoms with Crippen LogP contribution in [0.15, 0.2) is 53.5 Å². The van der Waals surface area contributed by atoms with Gasteiger partial charge in [0.25, 0.3) is 0 Å². The van der Waals surface area contributed by atoms with Gasteiger partial charge in [0.15, 0.2) is 0 Å². The molecule has 0 saturated carbocycles. The number of halogens is 1. The Bertz CT molecular complexity index is 868. The van der Waals surface area contributed by atoms with E-state index in [1.54, 1.807) is 0 Å². The molecule has 2 N–H and O–H groups in total. The molecule has 5 heteroatoms. The molecule has 0 aliphatic carbocycles. The summed E-state index contributed by atoms with van der Waals surface area (Å²) in [5.41, 5.74) is 5.05. The average Bonchev–Trinajstić information content (AvgIpc) is 2.76. The zero-order valence-corrected chi connectivity index (χ0v) is 17.7. The highest BCUT2D eigenvalue weighted by Gasteiger charge is 2.49. The van der Waals surface area contributed by atoms with Gasteiger partial charge in [-0.15, -0.1) is 12.4 Å². The third-order valence-corrected chi connectivity index (χ3v) is 6.20. The number of aliphatic hydroxyl groups is 1. The first kappa shape index (κ1) is 20.7. The predicted molar refractivity (Wildman–Crippen MR) is 120 cm³/mol. The van der Waals surface area contributed by atoms with Crippen LogP contribution < -0.4 is 10.2 Å². The first-order valence-electron chi connectivity index (χ1n) is 9.89. The lowest BCUT2D eigenvalue weighted by molar-refractivity contribution is 0.290. The second-order valence-corrected chi connectivity index (χ2v) is 8.11. The molecule has 150 valence electrons. The number of hydrogen-bond acceptors (Lipinski definition) is 3. The maximum absolute atomic E-state index is 9.20. The van der Waals surface area contributed by atoms with E-state index >= 15 is 0 Å². The van der Waals surface area contributed by atoms with E-state index in [0.29, 0.717) is 18.9 Å². The van der Waals surface area contributed by atoms with Crippen molar-refractivity contribution in [1.82, 2.24) is 0 Å². The van der Waals surface area contributed by atoms with Gasteiger partial charge >= 0.3 is 0 Å². The lowest BCUT2D eigenvalue weighted by Crippen LogP contribution is -2.48. The highest BCUT2D eigenvalue weighted by atomic mass is 35.5. The van der Waals surface area contributed by atoms with Crippen molar-refractivity contribution < 1.29 is 5.11 Å². The molecule has 2 aliphatic rings. The number of amidine groups is 1. The number of anilines is 2. The number of hydrogen-bond donors (Lipinski definition) is 2. The lowest BCUT2D eigenvalue weighted by atomic mass is 9.69. The maximum atomic E-state index is 9.20. The van der Waals surface area contributed by atoms with Crippen LogP contribution in [-0.4, -0.2) is 31.1 Å². The normalized spacial score (nSPS) is 27.0. The molecule has 0 saturated heterocycles. The van der Waals surface area contributed by atoms with Crippen molar-refractivity contribution in [3.8, 4) is 0 Å². The predicted octanol–water partition coefficient (Wildman–Crippen LogP) is 5.01. The SMILES string of the molecule is C[C@@H]1C[C@]2(C)C(=NCCCO)Nc3ccccc3[C@@H]2N(C)c2ccccc21.Cl. The van der Waals surface area contributed by atoms with Gasteiger partial charge in [0.05, 0.1) is 11.5 Å². The Morgan fingerprint density at radius 3 is 2.57 bits per heavy atom. The second-order valence-electron chi connectivity index (χ2n) is 8.11. The summed E-state index contributed by atoms with van der Waals surface area (Å²) in [4.78, 5) is 7.36. The van der Waals surface area contributed by atoms with Crippen molar-refractivity contribution in [1.29, 1.82) is 0 Å². The number of nitrogens with zero attached hydrogens (tertiary/aromatic N) is 2. The monoisotopic (exact) mass is 399 g/mol. The van der Waals surface area contributed by atoms with Crippen molar-refractivity contribution in [2.24, 2.45) is 10.4 Å². The molecule has 0 fully saturated rings. The molecule has 0 spiro atoms. The molecule has 2 aliphatic heterocycles. The largest absolute Gasteiger partial charge is 0.396 e. The number of nitrogens with one attached hydrogen (secondary N) is 1. The van der Waals surface area contributed by atoms with Gasteiger partial charge in [-0.1, -0.05) is 50.2 Å². The Hall–Kier alpha value is -2.04. The van der Waals surface area contributed by atoms with E-state index in [1.807, 2.05) is 0 Å². The van der Waals surface area contributed by atoms with Crippen LogP contribution in [0.5, 0.6) is 0 Å². The molecule has 2 heterocycles. The molecule has 2 aromatic carbocycles. The van der Waals surface area contributed by atoms with Crippen molar-refractivity contribution in [2.75, 3.05) is 30.4 Å². The molecule has 0 unspecified atom stereocenters. The summed E-state index contributed by atoms with van der Waals surface area (Å²) < 4.78 is 0. The van der Waals surface area contributed by atoms with Gasteiger partial charge in [-0.05, 0) is 42.0 Å². The number of para-hydroxylation sites is 2. The van der Waals surface area contributed by atoms with Crippen LogP contribution in [0.2, 0.25) is 0 Å². The smallest absolute Gasteiger partial charge is 0.109 e. The minimum Gasteiger partial charge on any atom is -0.396 e. The van der Waals surface area contributed by atoms with E-state index in [0.717, 1.165) is 17.9 Å². The summed E-state index contributed by atoms with van der Waals surface area (Å²) in [6, 6.07) is 17.6. The molecule has 4 nitrogen and oxygen atoms in total. The standard InChI is InChI=1S/C23H29N3O.ClH/c1-16-15-23(2)21(26(3)20-12-7-5-9-17(16)20)18-10-4-6-11-19(18)25-22(23)24-13-8-14-27;/h4-7,9-12,16,21,27H,8,13-15H2,1-3H3,(H,24,25);1H/t16-,21+,23+;/m1./s1. The number of fused-ring (bicyclic) bond motifs is 4. The van der Waals surface area contributed by atoms with Gasteiger partial charge in [-0.25, -0.2) is 0 Å². The Labute approximate surface area is 174 Å². The summed E-state index contributed by atoms with van der Waals surface area (Å²) in [5, 5.41) is 12.8. The van der Waals surface area contributed by atoms with Crippen LogP contribution in [0.4, 0.5) is 11.4 Å². The van der Waals surface area contributed by atoms with Gasteiger partial charge in [0, 0.05) is 31.6 Å². The summed E-state index contributed by atoms with van der Waals surface area (Å²) in [7, 11) is 2.22. The third kappa shape index (κ3) is 3.29. The number of aliphatic imine (C=N–C) groups is 1. The molecule has 0 aromatic heterocycles. The summed E-state index contributed by atoms with van der Waals surface area (Å²) in [6.07, 6.45) is 1.72. The van der Waals surface area contributed by atoms with Crippen molar-refractivity contribution in [2.45, 2.75) is 38.6 Å². The highest BCUT2D eigenvalue weighted by Crippen LogP contribution is 2.55. The van der Waals surface area contributed by atoms with Crippen LogP contribution in [0.25, 0.3) is 0 Å². The summed E-state index contributed by atoms with van der Waals surface area (Å²) in [5.74, 6) is 1.49. The van der Waals surface area contributed by atoms with Crippen LogP contribution in [0, 0.1) is 5.41 Å². The molecular formula is C23H30ClN3O. The fourth-order valence-electron chi connectivity index (χ4n) is 5.03. The van der Waals surface area contributed by atoms with E-state index in [9.17, 15) is 5.11 Å². The topological polar surface area (TPSA) is 47.9 Å². The van der Waals surface area contributed by atoms with Crippen molar-refractivity contribution >= 4 is 29.6 Å². The third-order valence-electron chi connectivity index (χ3n) is 6.20. The summed E-state index contributed by atoms with van der Waals surface area (Å²) in [6.45, 7) is 5.49. The highest BCUT2D eigenvalue weighted by molar-refractivity contribution is 6.04. The van der Waals surface area contributed by atoms with E-state index in [2.05, 4.69) is 79.6 Å². The van der Waals surface area contributed by atoms with E-state index in [1.165, 1.54) is 16.8 Å². The van der Waals surface area contributed by atoms with E-state index in [-0.39, 0.29) is 30.5 Å². The van der Waals surface area contributed by atoms with Gasteiger partial charge in [0.2, 0.25) is 0 Å². The lowest BCUT2D eigenvalue weighted by Gasteiger charge is -2.47. The second kappa shape index (κ2) is 8.14. The first-order chi connectivity index (χ1) is 13.1. The first-order valence-corrected chi connectivity index (χ1v) is 9.89. The Balaban J connectivity index is 0.00000225. The van der Waals surface area contributed by atoms with Crippen LogP contribution in [0.3, 0.4) is 0 Å². The Kier molecular flexibility index (Phi) is 6.01. The fraction of sp³-hybridized carbons (Fsp3) is 0.435. The minimum absolute atomic E-state index is 0. The molecule has 28 heavy (non-hydrogen) atoms. The van der Waals surface area contributed by atoms with Gasteiger partial charge in [-0.3, -0.25) is 4.99 Å². The van der Waals surface area contributed by atoms with Crippen LogP contribution >= 0.6 is 12.4 Å². The Morgan fingerprint density at radius 2 is 1.82 bits per heavy atom. The average molecular weight is 400 g/mol. The molecule has 2 aromatic rings. The summed E-state index contributed by atoms with van der Waals surface area (Å²) >= 11 is 0. The molecule has 0 bridgehead atoms. The van der Waals surface area contributed by atoms with Crippen molar-refractivity contribution in [3.05, 3.63) is 59.7 Å². The molecular weight excluding hydrogens is 370 g/mol. The zero-order chi connectivity index (χ0) is 19.0. The molecule has 3 atom stereocenters. The Morgan fingerprint density at radius 1 is 1.14 bits per heavy atom. The van der Waals surface area contributed by atoms with Gasteiger partial charge < -0.3 is 15.3 Å². The van der Waals surface area contributed by atoms with Gasteiger partial charge in [-0.2, -0.15) is 0 Å². The fourth-order valence-corrected chi connectivity index (χ4v) is 5.03. The number of benzene rings is 2. The molecule has 0 amide bonds.